The molecular formula is C23H20BrN3O4S. The quantitative estimate of drug-likeness (QED) is 0.342. The van der Waals surface area contributed by atoms with E-state index in [0.717, 1.165) is 11.1 Å². The first-order valence-corrected chi connectivity index (χ1v) is 10.7. The number of carbonyl (C=O) groups excluding carboxylic acids is 2. The van der Waals surface area contributed by atoms with Crippen molar-refractivity contribution in [1.82, 2.24) is 16.2 Å². The molecule has 3 N–H and O–H groups in total. The number of benzene rings is 3. The maximum Gasteiger partial charge on any atom is 0.276 e. The second kappa shape index (κ2) is 11.3. The Hall–Kier alpha value is -3.43. The maximum atomic E-state index is 12.3. The van der Waals surface area contributed by atoms with Crippen LogP contribution in [0.25, 0.3) is 11.1 Å². The summed E-state index contributed by atoms with van der Waals surface area (Å²) in [7, 11) is 1.53. The monoisotopic (exact) mass is 513 g/mol. The van der Waals surface area contributed by atoms with Crippen LogP contribution in [0.1, 0.15) is 10.4 Å². The molecule has 0 aliphatic heterocycles. The van der Waals surface area contributed by atoms with Crippen LogP contribution in [0.5, 0.6) is 11.5 Å². The van der Waals surface area contributed by atoms with Crippen LogP contribution < -0.4 is 25.6 Å². The van der Waals surface area contributed by atoms with E-state index in [9.17, 15) is 9.59 Å². The van der Waals surface area contributed by atoms with Gasteiger partial charge >= 0.3 is 0 Å². The number of amides is 2. The van der Waals surface area contributed by atoms with E-state index in [1.807, 2.05) is 48.5 Å². The van der Waals surface area contributed by atoms with Gasteiger partial charge in [0.2, 0.25) is 0 Å². The largest absolute Gasteiger partial charge is 0.496 e. The number of hydrogen-bond acceptors (Lipinski definition) is 5. The molecule has 164 valence electrons. The topological polar surface area (TPSA) is 88.7 Å². The molecule has 0 atom stereocenters. The average molecular weight is 514 g/mol. The minimum absolute atomic E-state index is 0.0556. The van der Waals surface area contributed by atoms with Gasteiger partial charge in [0.1, 0.15) is 11.5 Å². The van der Waals surface area contributed by atoms with Crippen LogP contribution in [0, 0.1) is 0 Å². The van der Waals surface area contributed by atoms with Crippen molar-refractivity contribution in [1.29, 1.82) is 0 Å². The standard InChI is InChI=1S/C23H20BrN3O4S/c1-30-20-12-11-16(13-18(20)24)22(29)25-23(32)27-26-21(28)14-31-19-10-6-5-9-17(19)15-7-3-2-4-8-15/h2-13H,14H2,1H3,(H,26,28)(H2,25,27,29,32). The van der Waals surface area contributed by atoms with Gasteiger partial charge in [-0.15, -0.1) is 0 Å². The van der Waals surface area contributed by atoms with Crippen LogP contribution in [-0.2, 0) is 4.79 Å². The van der Waals surface area contributed by atoms with Crippen LogP contribution in [0.15, 0.2) is 77.3 Å². The molecule has 0 radical (unpaired) electrons. The Balaban J connectivity index is 1.49. The molecule has 0 unspecified atom stereocenters. The van der Waals surface area contributed by atoms with Crippen molar-refractivity contribution in [2.75, 3.05) is 13.7 Å². The fourth-order valence-electron chi connectivity index (χ4n) is 2.77. The average Bonchev–Trinajstić information content (AvgIpc) is 2.82. The van der Waals surface area contributed by atoms with Crippen LogP contribution in [0.2, 0.25) is 0 Å². The van der Waals surface area contributed by atoms with Crippen molar-refractivity contribution >= 4 is 45.1 Å². The number of hydrogen-bond donors (Lipinski definition) is 3. The second-order valence-electron chi connectivity index (χ2n) is 6.46. The summed E-state index contributed by atoms with van der Waals surface area (Å²) in [6, 6.07) is 22.0. The highest BCUT2D eigenvalue weighted by Gasteiger charge is 2.12. The summed E-state index contributed by atoms with van der Waals surface area (Å²) in [4.78, 5) is 24.4. The highest BCUT2D eigenvalue weighted by Crippen LogP contribution is 2.29. The van der Waals surface area contributed by atoms with Gasteiger partial charge in [0.15, 0.2) is 11.7 Å². The Kier molecular flexibility index (Phi) is 8.18. The number of nitrogens with one attached hydrogen (secondary N) is 3. The van der Waals surface area contributed by atoms with Gasteiger partial charge in [-0.3, -0.25) is 25.8 Å². The lowest BCUT2D eigenvalue weighted by Crippen LogP contribution is -2.49. The number of hydrazine groups is 1. The molecule has 0 fully saturated rings. The highest BCUT2D eigenvalue weighted by atomic mass is 79.9. The van der Waals surface area contributed by atoms with Gasteiger partial charge in [0.05, 0.1) is 11.6 Å². The number of ether oxygens (including phenoxy) is 2. The van der Waals surface area contributed by atoms with Gasteiger partial charge in [-0.25, -0.2) is 0 Å². The van der Waals surface area contributed by atoms with E-state index >= 15 is 0 Å². The van der Waals surface area contributed by atoms with E-state index in [1.54, 1.807) is 24.3 Å². The van der Waals surface area contributed by atoms with Crippen molar-refractivity contribution in [2.45, 2.75) is 0 Å². The van der Waals surface area contributed by atoms with E-state index < -0.39 is 11.8 Å². The Morgan fingerprint density at radius 1 is 0.938 bits per heavy atom. The van der Waals surface area contributed by atoms with Gasteiger partial charge < -0.3 is 9.47 Å². The van der Waals surface area contributed by atoms with E-state index in [2.05, 4.69) is 32.1 Å². The molecule has 0 spiro atoms. The molecule has 3 aromatic rings. The summed E-state index contributed by atoms with van der Waals surface area (Å²) in [6.07, 6.45) is 0. The first-order valence-electron chi connectivity index (χ1n) is 9.49. The molecule has 7 nitrogen and oxygen atoms in total. The van der Waals surface area contributed by atoms with Gasteiger partial charge in [-0.05, 0) is 58.0 Å². The van der Waals surface area contributed by atoms with Crippen LogP contribution >= 0.6 is 28.1 Å². The third kappa shape index (κ3) is 6.29. The molecule has 0 heterocycles. The van der Waals surface area contributed by atoms with Gasteiger partial charge in [0, 0.05) is 11.1 Å². The number of methoxy groups -OCH3 is 1. The lowest BCUT2D eigenvalue weighted by Gasteiger charge is -2.13. The number of rotatable bonds is 6. The zero-order valence-corrected chi connectivity index (χ0v) is 19.5. The first kappa shape index (κ1) is 23.2. The second-order valence-corrected chi connectivity index (χ2v) is 7.72. The molecule has 0 saturated carbocycles. The van der Waals surface area contributed by atoms with Gasteiger partial charge in [0.25, 0.3) is 11.8 Å². The van der Waals surface area contributed by atoms with E-state index in [4.69, 9.17) is 21.7 Å². The Labute approximate surface area is 199 Å². The van der Waals surface area contributed by atoms with Crippen LogP contribution in [0.4, 0.5) is 0 Å². The summed E-state index contributed by atoms with van der Waals surface area (Å²) in [5.74, 6) is 0.281. The zero-order valence-electron chi connectivity index (χ0n) is 17.1. The minimum Gasteiger partial charge on any atom is -0.496 e. The molecule has 3 rings (SSSR count). The summed E-state index contributed by atoms with van der Waals surface area (Å²) in [5.41, 5.74) is 7.11. The first-order chi connectivity index (χ1) is 15.5. The Bertz CT molecular complexity index is 1130. The highest BCUT2D eigenvalue weighted by molar-refractivity contribution is 9.10. The molecule has 3 aromatic carbocycles. The lowest BCUT2D eigenvalue weighted by atomic mass is 10.1. The number of thiocarbonyl (C=S) groups is 1. The Morgan fingerprint density at radius 2 is 1.66 bits per heavy atom. The molecule has 2 amide bonds. The van der Waals surface area contributed by atoms with Gasteiger partial charge in [-0.1, -0.05) is 48.5 Å². The zero-order chi connectivity index (χ0) is 22.9. The van der Waals surface area contributed by atoms with Crippen molar-refractivity contribution in [3.63, 3.8) is 0 Å². The van der Waals surface area contributed by atoms with Crippen molar-refractivity contribution < 1.29 is 19.1 Å². The van der Waals surface area contributed by atoms with Crippen LogP contribution in [-0.4, -0.2) is 30.6 Å². The third-order valence-electron chi connectivity index (χ3n) is 4.29. The summed E-state index contributed by atoms with van der Waals surface area (Å²) in [5, 5.41) is 2.43. The van der Waals surface area contributed by atoms with Crippen molar-refractivity contribution in [3.05, 3.63) is 82.8 Å². The van der Waals surface area contributed by atoms with Gasteiger partial charge in [-0.2, -0.15) is 0 Å². The maximum absolute atomic E-state index is 12.3. The molecule has 0 aromatic heterocycles. The fourth-order valence-corrected chi connectivity index (χ4v) is 3.45. The van der Waals surface area contributed by atoms with Crippen molar-refractivity contribution in [2.24, 2.45) is 0 Å². The summed E-state index contributed by atoms with van der Waals surface area (Å²) >= 11 is 8.38. The number of carbonyl (C=O) groups is 2. The summed E-state index contributed by atoms with van der Waals surface area (Å²) < 4.78 is 11.4. The Morgan fingerprint density at radius 3 is 2.38 bits per heavy atom. The predicted octanol–water partition coefficient (Wildman–Crippen LogP) is 3.84. The molecule has 0 aliphatic rings. The van der Waals surface area contributed by atoms with E-state index in [1.165, 1.54) is 7.11 Å². The molecule has 0 bridgehead atoms. The number of para-hydroxylation sites is 1. The van der Waals surface area contributed by atoms with E-state index in [0.29, 0.717) is 21.5 Å². The van der Waals surface area contributed by atoms with E-state index in [-0.39, 0.29) is 11.7 Å². The lowest BCUT2D eigenvalue weighted by molar-refractivity contribution is -0.123. The van der Waals surface area contributed by atoms with Crippen LogP contribution in [0.3, 0.4) is 0 Å². The third-order valence-corrected chi connectivity index (χ3v) is 5.11. The molecule has 0 aliphatic carbocycles. The predicted molar refractivity (Wildman–Crippen MR) is 129 cm³/mol. The normalized spacial score (nSPS) is 10.1. The smallest absolute Gasteiger partial charge is 0.276 e. The van der Waals surface area contributed by atoms with Crippen molar-refractivity contribution in [3.8, 4) is 22.6 Å². The fraction of sp³-hybridized carbons (Fsp3) is 0.0870. The molecule has 32 heavy (non-hydrogen) atoms. The molecule has 0 saturated heterocycles. The summed E-state index contributed by atoms with van der Waals surface area (Å²) in [6.45, 7) is -0.237. The number of halogens is 1. The molecular weight excluding hydrogens is 494 g/mol. The molecule has 9 heteroatoms. The minimum atomic E-state index is -0.461. The SMILES string of the molecule is COc1ccc(C(=O)NC(=S)NNC(=O)COc2ccccc2-c2ccccc2)cc1Br.